The predicted octanol–water partition coefficient (Wildman–Crippen LogP) is 2.01. The number of hydrogen-bond acceptors (Lipinski definition) is 3. The van der Waals surface area contributed by atoms with E-state index >= 15 is 0 Å². The maximum Gasteiger partial charge on any atom is 0.309 e. The highest BCUT2D eigenvalue weighted by molar-refractivity contribution is 5.72. The lowest BCUT2D eigenvalue weighted by Gasteiger charge is -2.31. The Balaban J connectivity index is 3.23. The van der Waals surface area contributed by atoms with Crippen LogP contribution in [0.2, 0.25) is 0 Å². The largest absolute Gasteiger partial charge is 0.496 e. The summed E-state index contributed by atoms with van der Waals surface area (Å²) in [5.41, 5.74) is -0.954. The maximum absolute atomic E-state index is 11.1. The Morgan fingerprint density at radius 3 is 2.53 bits per heavy atom. The number of aliphatic carboxylic acids is 1. The van der Waals surface area contributed by atoms with Crippen molar-refractivity contribution in [2.45, 2.75) is 25.9 Å². The van der Waals surface area contributed by atoms with Crippen LogP contribution >= 0.6 is 0 Å². The molecule has 1 aromatic rings. The van der Waals surface area contributed by atoms with Crippen LogP contribution in [-0.4, -0.2) is 23.3 Å². The number of carbonyl (C=O) groups is 1. The lowest BCUT2D eigenvalue weighted by Crippen LogP contribution is -2.37. The standard InChI is InChI=1S/C13H18O4/c1-4-9(12(14)15)13(2,16)10-7-5-6-8-11(10)17-3/h5-9,16H,4H2,1-3H3,(H,14,15). The number of hydrogen-bond donors (Lipinski definition) is 2. The van der Waals surface area contributed by atoms with Crippen LogP contribution in [0.25, 0.3) is 0 Å². The van der Waals surface area contributed by atoms with Gasteiger partial charge in [-0.25, -0.2) is 0 Å². The molecule has 0 saturated heterocycles. The predicted molar refractivity (Wildman–Crippen MR) is 64.0 cm³/mol. The molecule has 0 spiro atoms. The third kappa shape index (κ3) is 2.58. The monoisotopic (exact) mass is 238 g/mol. The summed E-state index contributed by atoms with van der Waals surface area (Å²) in [6.45, 7) is 3.25. The van der Waals surface area contributed by atoms with Gasteiger partial charge in [-0.05, 0) is 19.4 Å². The zero-order chi connectivity index (χ0) is 13.1. The highest BCUT2D eigenvalue weighted by Gasteiger charge is 2.39. The van der Waals surface area contributed by atoms with Crippen molar-refractivity contribution in [3.8, 4) is 5.75 Å². The highest BCUT2D eigenvalue weighted by atomic mass is 16.5. The van der Waals surface area contributed by atoms with Crippen molar-refractivity contribution in [3.05, 3.63) is 29.8 Å². The Morgan fingerprint density at radius 1 is 1.47 bits per heavy atom. The van der Waals surface area contributed by atoms with Gasteiger partial charge in [-0.2, -0.15) is 0 Å². The fourth-order valence-electron chi connectivity index (χ4n) is 2.06. The quantitative estimate of drug-likeness (QED) is 0.823. The van der Waals surface area contributed by atoms with Crippen LogP contribution in [0.15, 0.2) is 24.3 Å². The van der Waals surface area contributed by atoms with E-state index in [1.165, 1.54) is 14.0 Å². The summed E-state index contributed by atoms with van der Waals surface area (Å²) in [7, 11) is 1.50. The topological polar surface area (TPSA) is 66.8 Å². The molecular formula is C13H18O4. The van der Waals surface area contributed by atoms with Crippen LogP contribution in [0, 0.1) is 5.92 Å². The van der Waals surface area contributed by atoms with Gasteiger partial charge in [0.15, 0.2) is 0 Å². The van der Waals surface area contributed by atoms with Crippen LogP contribution in [0.3, 0.4) is 0 Å². The zero-order valence-corrected chi connectivity index (χ0v) is 10.3. The number of carboxylic acid groups (broad SMARTS) is 1. The van der Waals surface area contributed by atoms with Gasteiger partial charge in [-0.3, -0.25) is 4.79 Å². The van der Waals surface area contributed by atoms with Gasteiger partial charge in [0.2, 0.25) is 0 Å². The molecule has 94 valence electrons. The van der Waals surface area contributed by atoms with E-state index in [-0.39, 0.29) is 0 Å². The molecule has 0 saturated carbocycles. The molecular weight excluding hydrogens is 220 g/mol. The molecule has 0 aliphatic carbocycles. The third-order valence-electron chi connectivity index (χ3n) is 3.04. The van der Waals surface area contributed by atoms with Crippen LogP contribution < -0.4 is 4.74 Å². The summed E-state index contributed by atoms with van der Waals surface area (Å²) < 4.78 is 5.15. The second-order valence-corrected chi connectivity index (χ2v) is 4.15. The van der Waals surface area contributed by atoms with Gasteiger partial charge < -0.3 is 14.9 Å². The van der Waals surface area contributed by atoms with E-state index in [0.717, 1.165) is 0 Å². The number of ether oxygens (including phenoxy) is 1. The molecule has 1 aromatic carbocycles. The van der Waals surface area contributed by atoms with E-state index in [4.69, 9.17) is 9.84 Å². The molecule has 2 atom stereocenters. The summed E-state index contributed by atoms with van der Waals surface area (Å²) >= 11 is 0. The van der Waals surface area contributed by atoms with Crippen molar-refractivity contribution in [1.29, 1.82) is 0 Å². The summed E-state index contributed by atoms with van der Waals surface area (Å²) in [4.78, 5) is 11.1. The second kappa shape index (κ2) is 5.19. The molecule has 0 aliphatic heterocycles. The average molecular weight is 238 g/mol. The van der Waals surface area contributed by atoms with E-state index in [0.29, 0.717) is 17.7 Å². The number of methoxy groups -OCH3 is 1. The Kier molecular flexibility index (Phi) is 4.12. The molecule has 1 rings (SSSR count). The van der Waals surface area contributed by atoms with E-state index in [1.54, 1.807) is 31.2 Å². The molecule has 0 aromatic heterocycles. The molecule has 0 radical (unpaired) electrons. The van der Waals surface area contributed by atoms with Crippen LogP contribution in [-0.2, 0) is 10.4 Å². The zero-order valence-electron chi connectivity index (χ0n) is 10.3. The molecule has 4 nitrogen and oxygen atoms in total. The molecule has 0 amide bonds. The third-order valence-corrected chi connectivity index (χ3v) is 3.04. The number of para-hydroxylation sites is 1. The minimum Gasteiger partial charge on any atom is -0.496 e. The molecule has 17 heavy (non-hydrogen) atoms. The van der Waals surface area contributed by atoms with E-state index < -0.39 is 17.5 Å². The molecule has 4 heteroatoms. The lowest BCUT2D eigenvalue weighted by molar-refractivity contribution is -0.152. The molecule has 0 aliphatic rings. The molecule has 0 fully saturated rings. The minimum absolute atomic E-state index is 0.348. The van der Waals surface area contributed by atoms with Crippen molar-refractivity contribution in [3.63, 3.8) is 0 Å². The number of carboxylic acids is 1. The Bertz CT molecular complexity index is 398. The van der Waals surface area contributed by atoms with Crippen LogP contribution in [0.5, 0.6) is 5.75 Å². The van der Waals surface area contributed by atoms with Gasteiger partial charge in [-0.15, -0.1) is 0 Å². The van der Waals surface area contributed by atoms with Crippen LogP contribution in [0.1, 0.15) is 25.8 Å². The molecule has 2 N–H and O–H groups in total. The van der Waals surface area contributed by atoms with E-state index in [9.17, 15) is 9.90 Å². The number of benzene rings is 1. The van der Waals surface area contributed by atoms with Gasteiger partial charge >= 0.3 is 5.97 Å². The Hall–Kier alpha value is -1.55. The minimum atomic E-state index is -1.45. The van der Waals surface area contributed by atoms with E-state index in [1.807, 2.05) is 0 Å². The highest BCUT2D eigenvalue weighted by Crippen LogP contribution is 2.37. The normalized spacial score (nSPS) is 16.0. The van der Waals surface area contributed by atoms with Gasteiger partial charge in [-0.1, -0.05) is 25.1 Å². The smallest absolute Gasteiger partial charge is 0.309 e. The molecule has 0 bridgehead atoms. The summed E-state index contributed by atoms with van der Waals surface area (Å²) in [5, 5.41) is 19.6. The first-order valence-electron chi connectivity index (χ1n) is 5.53. The first-order chi connectivity index (χ1) is 7.95. The van der Waals surface area contributed by atoms with Crippen molar-refractivity contribution in [1.82, 2.24) is 0 Å². The molecule has 0 heterocycles. The Morgan fingerprint density at radius 2 is 2.06 bits per heavy atom. The fraction of sp³-hybridized carbons (Fsp3) is 0.462. The first-order valence-corrected chi connectivity index (χ1v) is 5.53. The van der Waals surface area contributed by atoms with Crippen LogP contribution in [0.4, 0.5) is 0 Å². The van der Waals surface area contributed by atoms with Crippen molar-refractivity contribution in [2.75, 3.05) is 7.11 Å². The van der Waals surface area contributed by atoms with E-state index in [2.05, 4.69) is 0 Å². The van der Waals surface area contributed by atoms with Crippen molar-refractivity contribution < 1.29 is 19.7 Å². The summed E-state index contributed by atoms with van der Waals surface area (Å²) in [5.74, 6) is -1.38. The van der Waals surface area contributed by atoms with Crippen molar-refractivity contribution >= 4 is 5.97 Å². The SMILES string of the molecule is CCC(C(=O)O)C(C)(O)c1ccccc1OC. The second-order valence-electron chi connectivity index (χ2n) is 4.15. The maximum atomic E-state index is 11.1. The summed E-state index contributed by atoms with van der Waals surface area (Å²) in [6.07, 6.45) is 0.348. The number of aliphatic hydroxyl groups is 1. The first kappa shape index (κ1) is 13.5. The van der Waals surface area contributed by atoms with Gasteiger partial charge in [0.05, 0.1) is 13.0 Å². The fourth-order valence-corrected chi connectivity index (χ4v) is 2.06. The number of rotatable bonds is 5. The van der Waals surface area contributed by atoms with Gasteiger partial charge in [0, 0.05) is 5.56 Å². The van der Waals surface area contributed by atoms with Gasteiger partial charge in [0.25, 0.3) is 0 Å². The van der Waals surface area contributed by atoms with Crippen molar-refractivity contribution in [2.24, 2.45) is 5.92 Å². The van der Waals surface area contributed by atoms with Gasteiger partial charge in [0.1, 0.15) is 11.4 Å². The average Bonchev–Trinajstić information content (AvgIpc) is 2.29. The summed E-state index contributed by atoms with van der Waals surface area (Å²) in [6, 6.07) is 6.92. The molecule has 2 unspecified atom stereocenters. The lowest BCUT2D eigenvalue weighted by atomic mass is 9.81. The Labute approximate surface area is 101 Å².